The van der Waals surface area contributed by atoms with Gasteiger partial charge in [0.15, 0.2) is 0 Å². The topological polar surface area (TPSA) is 72.2 Å². The summed E-state index contributed by atoms with van der Waals surface area (Å²) in [6, 6.07) is 10.2. The molecule has 0 saturated carbocycles. The smallest absolute Gasteiger partial charge is 0.210 e. The normalized spacial score (nSPS) is 13.8. The predicted octanol–water partition coefficient (Wildman–Crippen LogP) is 1.65. The average Bonchev–Trinajstić information content (AvgIpc) is 2.27. The Morgan fingerprint density at radius 3 is 2.33 bits per heavy atom. The van der Waals surface area contributed by atoms with Gasteiger partial charge in [-0.25, -0.2) is 13.6 Å². The van der Waals surface area contributed by atoms with E-state index < -0.39 is 10.0 Å². The van der Waals surface area contributed by atoms with Gasteiger partial charge < -0.3 is 5.32 Å². The molecule has 0 spiro atoms. The summed E-state index contributed by atoms with van der Waals surface area (Å²) in [5, 5.41) is 8.26. The van der Waals surface area contributed by atoms with Crippen molar-refractivity contribution in [2.24, 2.45) is 11.1 Å². The molecule has 0 aliphatic carbocycles. The van der Waals surface area contributed by atoms with E-state index in [0.29, 0.717) is 12.5 Å². The monoisotopic (exact) mass is 270 g/mol. The zero-order valence-corrected chi connectivity index (χ0v) is 11.8. The summed E-state index contributed by atoms with van der Waals surface area (Å²) < 4.78 is 21.8. The maximum Gasteiger partial charge on any atom is 0.210 e. The number of hydrogen-bond acceptors (Lipinski definition) is 3. The molecule has 1 atom stereocenters. The second-order valence-corrected chi connectivity index (χ2v) is 6.65. The fraction of sp³-hybridized carbons (Fsp3) is 0.538. The van der Waals surface area contributed by atoms with E-state index in [1.54, 1.807) is 0 Å². The third kappa shape index (κ3) is 6.14. The van der Waals surface area contributed by atoms with Crippen LogP contribution in [0.1, 0.15) is 31.9 Å². The standard InChI is InChI=1S/C13H22N2O2S/c1-11(2)10-13(12-6-4-3-5-7-12)15-8-9-18(14,16)17/h3-7,11,13,15H,8-10H2,1-2H3,(H2,14,16,17). The quantitative estimate of drug-likeness (QED) is 0.791. The summed E-state index contributed by atoms with van der Waals surface area (Å²) in [4.78, 5) is 0. The van der Waals surface area contributed by atoms with Gasteiger partial charge in [-0.1, -0.05) is 44.2 Å². The van der Waals surface area contributed by atoms with E-state index >= 15 is 0 Å². The average molecular weight is 270 g/mol. The van der Waals surface area contributed by atoms with Crippen molar-refractivity contribution in [3.05, 3.63) is 35.9 Å². The Hall–Kier alpha value is -0.910. The number of hydrogen-bond donors (Lipinski definition) is 2. The number of benzene rings is 1. The van der Waals surface area contributed by atoms with E-state index in [9.17, 15) is 8.42 Å². The Morgan fingerprint density at radius 1 is 1.22 bits per heavy atom. The number of sulfonamides is 1. The van der Waals surface area contributed by atoms with Crippen LogP contribution in [0.5, 0.6) is 0 Å². The van der Waals surface area contributed by atoms with E-state index in [2.05, 4.69) is 31.3 Å². The van der Waals surface area contributed by atoms with Gasteiger partial charge >= 0.3 is 0 Å². The van der Waals surface area contributed by atoms with Crippen LogP contribution in [0.25, 0.3) is 0 Å². The summed E-state index contributed by atoms with van der Waals surface area (Å²) in [5.41, 5.74) is 1.18. The van der Waals surface area contributed by atoms with Gasteiger partial charge in [-0.3, -0.25) is 0 Å². The first-order valence-corrected chi connectivity index (χ1v) is 7.89. The van der Waals surface area contributed by atoms with Crippen LogP contribution in [0.2, 0.25) is 0 Å². The first-order valence-electron chi connectivity index (χ1n) is 6.17. The van der Waals surface area contributed by atoms with E-state index in [4.69, 9.17) is 5.14 Å². The summed E-state index contributed by atoms with van der Waals surface area (Å²) in [6.45, 7) is 4.68. The van der Waals surface area contributed by atoms with Gasteiger partial charge in [0.2, 0.25) is 10.0 Å². The molecule has 0 aliphatic heterocycles. The molecule has 0 bridgehead atoms. The van der Waals surface area contributed by atoms with Crippen LogP contribution in [0.15, 0.2) is 30.3 Å². The highest BCUT2D eigenvalue weighted by Crippen LogP contribution is 2.20. The third-order valence-corrected chi connectivity index (χ3v) is 3.46. The van der Waals surface area contributed by atoms with Crippen LogP contribution in [0.4, 0.5) is 0 Å². The van der Waals surface area contributed by atoms with Crippen LogP contribution in [-0.2, 0) is 10.0 Å². The predicted molar refractivity (Wildman–Crippen MR) is 74.6 cm³/mol. The first kappa shape index (κ1) is 15.1. The van der Waals surface area contributed by atoms with Crippen LogP contribution >= 0.6 is 0 Å². The Labute approximate surface area is 110 Å². The molecule has 102 valence electrons. The molecule has 0 heterocycles. The van der Waals surface area contributed by atoms with E-state index in [0.717, 1.165) is 6.42 Å². The number of rotatable bonds is 7. The van der Waals surface area contributed by atoms with Crippen molar-refractivity contribution in [1.29, 1.82) is 0 Å². The van der Waals surface area contributed by atoms with Crippen LogP contribution < -0.4 is 10.5 Å². The number of primary sulfonamides is 1. The van der Waals surface area contributed by atoms with Crippen LogP contribution in [-0.4, -0.2) is 20.7 Å². The van der Waals surface area contributed by atoms with Gasteiger partial charge in [0.25, 0.3) is 0 Å². The molecule has 1 unspecified atom stereocenters. The first-order chi connectivity index (χ1) is 8.38. The Bertz CT molecular complexity index is 443. The Morgan fingerprint density at radius 2 is 1.83 bits per heavy atom. The minimum atomic E-state index is -3.39. The molecule has 1 rings (SSSR count). The lowest BCUT2D eigenvalue weighted by molar-refractivity contribution is 0.438. The van der Waals surface area contributed by atoms with Crippen molar-refractivity contribution in [1.82, 2.24) is 5.32 Å². The number of nitrogens with two attached hydrogens (primary N) is 1. The van der Waals surface area contributed by atoms with E-state index in [1.807, 2.05) is 18.2 Å². The molecule has 0 aliphatic rings. The molecule has 3 N–H and O–H groups in total. The zero-order chi connectivity index (χ0) is 13.6. The minimum absolute atomic E-state index is 0.0333. The van der Waals surface area contributed by atoms with Crippen molar-refractivity contribution >= 4 is 10.0 Å². The second-order valence-electron chi connectivity index (χ2n) is 4.91. The maximum absolute atomic E-state index is 10.9. The summed E-state index contributed by atoms with van der Waals surface area (Å²) in [5.74, 6) is 0.506. The van der Waals surface area contributed by atoms with Crippen LogP contribution in [0.3, 0.4) is 0 Å². The van der Waals surface area contributed by atoms with Gasteiger partial charge in [-0.2, -0.15) is 0 Å². The molecule has 4 nitrogen and oxygen atoms in total. The molecule has 0 amide bonds. The summed E-state index contributed by atoms with van der Waals surface area (Å²) in [7, 11) is -3.39. The SMILES string of the molecule is CC(C)CC(NCCS(N)(=O)=O)c1ccccc1. The minimum Gasteiger partial charge on any atom is -0.309 e. The van der Waals surface area contributed by atoms with Gasteiger partial charge in [0.05, 0.1) is 5.75 Å². The molecule has 5 heteroatoms. The number of nitrogens with one attached hydrogen (secondary N) is 1. The second kappa shape index (κ2) is 6.87. The van der Waals surface area contributed by atoms with Gasteiger partial charge in [0, 0.05) is 12.6 Å². The largest absolute Gasteiger partial charge is 0.309 e. The molecule has 1 aromatic carbocycles. The van der Waals surface area contributed by atoms with Gasteiger partial charge in [0.1, 0.15) is 0 Å². The highest BCUT2D eigenvalue weighted by Gasteiger charge is 2.13. The summed E-state index contributed by atoms with van der Waals surface area (Å²) in [6.07, 6.45) is 0.967. The van der Waals surface area contributed by atoms with E-state index in [1.165, 1.54) is 5.56 Å². The van der Waals surface area contributed by atoms with Crippen molar-refractivity contribution in [3.63, 3.8) is 0 Å². The van der Waals surface area contributed by atoms with Gasteiger partial charge in [-0.15, -0.1) is 0 Å². The lowest BCUT2D eigenvalue weighted by Gasteiger charge is -2.21. The lowest BCUT2D eigenvalue weighted by atomic mass is 9.97. The zero-order valence-electron chi connectivity index (χ0n) is 11.0. The molecule has 0 fully saturated rings. The third-order valence-electron chi connectivity index (χ3n) is 2.69. The van der Waals surface area contributed by atoms with Gasteiger partial charge in [-0.05, 0) is 17.9 Å². The molecular weight excluding hydrogens is 248 g/mol. The van der Waals surface area contributed by atoms with Crippen molar-refractivity contribution in [2.75, 3.05) is 12.3 Å². The fourth-order valence-corrected chi connectivity index (χ4v) is 2.27. The van der Waals surface area contributed by atoms with Crippen molar-refractivity contribution in [3.8, 4) is 0 Å². The van der Waals surface area contributed by atoms with Crippen molar-refractivity contribution in [2.45, 2.75) is 26.3 Å². The molecule has 18 heavy (non-hydrogen) atoms. The summed E-state index contributed by atoms with van der Waals surface area (Å²) >= 11 is 0. The molecule has 1 aromatic rings. The Kier molecular flexibility index (Phi) is 5.78. The molecule has 0 radical (unpaired) electrons. The fourth-order valence-electron chi connectivity index (χ4n) is 1.87. The highest BCUT2D eigenvalue weighted by molar-refractivity contribution is 7.89. The lowest BCUT2D eigenvalue weighted by Crippen LogP contribution is -2.30. The highest BCUT2D eigenvalue weighted by atomic mass is 32.2. The molecule has 0 aromatic heterocycles. The maximum atomic E-state index is 10.9. The molecular formula is C13H22N2O2S. The van der Waals surface area contributed by atoms with E-state index in [-0.39, 0.29) is 11.8 Å². The molecule has 0 saturated heterocycles. The van der Waals surface area contributed by atoms with Crippen LogP contribution in [0, 0.1) is 5.92 Å². The Balaban J connectivity index is 2.62. The van der Waals surface area contributed by atoms with Crippen molar-refractivity contribution < 1.29 is 8.42 Å².